The molecule has 0 aliphatic rings. The zero-order valence-corrected chi connectivity index (χ0v) is 6.52. The molecule has 0 radical (unpaired) electrons. The van der Waals surface area contributed by atoms with Crippen molar-refractivity contribution in [3.63, 3.8) is 0 Å². The maximum Gasteiger partial charge on any atom is 0.295 e. The van der Waals surface area contributed by atoms with E-state index in [1.165, 1.54) is 6.07 Å². The molecule has 0 amide bonds. The first kappa shape index (κ1) is 8.80. The van der Waals surface area contributed by atoms with Gasteiger partial charge in [0.25, 0.3) is 5.69 Å². The lowest BCUT2D eigenvalue weighted by Crippen LogP contribution is -2.00. The molecule has 6 heteroatoms. The summed E-state index contributed by atoms with van der Waals surface area (Å²) in [7, 11) is 0. The molecule has 0 unspecified atom stereocenters. The lowest BCUT2D eigenvalue weighted by Gasteiger charge is -2.00. The van der Waals surface area contributed by atoms with Gasteiger partial charge in [-0.15, -0.1) is 0 Å². The van der Waals surface area contributed by atoms with Crippen LogP contribution in [0.15, 0.2) is 12.1 Å². The monoisotopic (exact) mass is 178 g/mol. The maximum atomic E-state index is 10.4. The van der Waals surface area contributed by atoms with E-state index in [0.717, 1.165) is 6.07 Å². The number of hydrogen-bond donors (Lipinski definition) is 2. The van der Waals surface area contributed by atoms with Gasteiger partial charge < -0.3 is 11.5 Å². The number of nitrogens with two attached hydrogens (primary N) is 2. The van der Waals surface area contributed by atoms with Gasteiger partial charge in [0.05, 0.1) is 10.5 Å². The van der Waals surface area contributed by atoms with Crippen LogP contribution in [0.25, 0.3) is 0 Å². The van der Waals surface area contributed by atoms with Crippen LogP contribution in [0.5, 0.6) is 0 Å². The standard InChI is InChI=1S/C7H6N4O2/c8-3-4-1-5(9)2-6(7(4)10)11(12)13/h1-2H,9-10H2. The van der Waals surface area contributed by atoms with E-state index in [1.54, 1.807) is 6.07 Å². The Balaban J connectivity index is 3.47. The van der Waals surface area contributed by atoms with E-state index in [4.69, 9.17) is 16.7 Å². The van der Waals surface area contributed by atoms with Gasteiger partial charge in [0.1, 0.15) is 11.8 Å². The molecule has 1 rings (SSSR count). The van der Waals surface area contributed by atoms with E-state index >= 15 is 0 Å². The van der Waals surface area contributed by atoms with E-state index < -0.39 is 4.92 Å². The Labute approximate surface area is 73.5 Å². The summed E-state index contributed by atoms with van der Waals surface area (Å²) in [5.41, 5.74) is 10.4. The highest BCUT2D eigenvalue weighted by Gasteiger charge is 2.15. The molecule has 0 spiro atoms. The Morgan fingerprint density at radius 1 is 1.46 bits per heavy atom. The summed E-state index contributed by atoms with van der Waals surface area (Å²) in [6.07, 6.45) is 0. The molecule has 1 aromatic carbocycles. The second-order valence-corrected chi connectivity index (χ2v) is 2.37. The molecule has 0 aromatic heterocycles. The normalized spacial score (nSPS) is 9.15. The minimum atomic E-state index is -0.674. The fourth-order valence-corrected chi connectivity index (χ4v) is 0.903. The highest BCUT2D eigenvalue weighted by molar-refractivity contribution is 5.72. The van der Waals surface area contributed by atoms with E-state index in [0.29, 0.717) is 0 Å². The van der Waals surface area contributed by atoms with Crippen LogP contribution in [0.1, 0.15) is 5.56 Å². The van der Waals surface area contributed by atoms with Gasteiger partial charge in [-0.25, -0.2) is 0 Å². The molecular weight excluding hydrogens is 172 g/mol. The molecule has 4 N–H and O–H groups in total. The number of nitrogen functional groups attached to an aromatic ring is 2. The number of hydrogen-bond acceptors (Lipinski definition) is 5. The summed E-state index contributed by atoms with van der Waals surface area (Å²) < 4.78 is 0. The average molecular weight is 178 g/mol. The molecule has 1 aromatic rings. The molecule has 0 heterocycles. The second kappa shape index (κ2) is 2.98. The first-order valence-corrected chi connectivity index (χ1v) is 3.29. The second-order valence-electron chi connectivity index (χ2n) is 2.37. The van der Waals surface area contributed by atoms with Crippen molar-refractivity contribution >= 4 is 17.1 Å². The average Bonchev–Trinajstić information content (AvgIpc) is 2.08. The van der Waals surface area contributed by atoms with Crippen LogP contribution in [0.4, 0.5) is 17.1 Å². The summed E-state index contributed by atoms with van der Waals surface area (Å²) >= 11 is 0. The van der Waals surface area contributed by atoms with Crippen molar-refractivity contribution in [2.75, 3.05) is 11.5 Å². The highest BCUT2D eigenvalue weighted by atomic mass is 16.6. The number of rotatable bonds is 1. The quantitative estimate of drug-likeness (QED) is 0.371. The Bertz CT molecular complexity index is 408. The number of benzene rings is 1. The number of anilines is 2. The van der Waals surface area contributed by atoms with Crippen molar-refractivity contribution in [2.24, 2.45) is 0 Å². The van der Waals surface area contributed by atoms with Gasteiger partial charge in [-0.2, -0.15) is 5.26 Å². The van der Waals surface area contributed by atoms with Crippen LogP contribution in [0, 0.1) is 21.4 Å². The molecule has 0 aliphatic heterocycles. The van der Waals surface area contributed by atoms with Gasteiger partial charge >= 0.3 is 0 Å². The van der Waals surface area contributed by atoms with Crippen LogP contribution in [0.2, 0.25) is 0 Å². The lowest BCUT2D eigenvalue weighted by molar-refractivity contribution is -0.383. The lowest BCUT2D eigenvalue weighted by atomic mass is 10.1. The van der Waals surface area contributed by atoms with Crippen LogP contribution in [0.3, 0.4) is 0 Å². The Kier molecular flexibility index (Phi) is 2.02. The van der Waals surface area contributed by atoms with Crippen LogP contribution >= 0.6 is 0 Å². The van der Waals surface area contributed by atoms with Crippen molar-refractivity contribution in [2.45, 2.75) is 0 Å². The zero-order chi connectivity index (χ0) is 10.0. The molecule has 13 heavy (non-hydrogen) atoms. The molecule has 0 atom stereocenters. The van der Waals surface area contributed by atoms with Crippen molar-refractivity contribution < 1.29 is 4.92 Å². The molecule has 0 aliphatic carbocycles. The minimum absolute atomic E-state index is 0.0201. The predicted octanol–water partition coefficient (Wildman–Crippen LogP) is 0.631. The summed E-state index contributed by atoms with van der Waals surface area (Å²) in [6.45, 7) is 0. The predicted molar refractivity (Wildman–Crippen MR) is 46.6 cm³/mol. The highest BCUT2D eigenvalue weighted by Crippen LogP contribution is 2.27. The third kappa shape index (κ3) is 1.49. The zero-order valence-electron chi connectivity index (χ0n) is 6.52. The van der Waals surface area contributed by atoms with E-state index in [1.807, 2.05) is 0 Å². The number of nitrogens with zero attached hydrogens (tertiary/aromatic N) is 2. The summed E-state index contributed by atoms with van der Waals surface area (Å²) in [5.74, 6) is 0. The van der Waals surface area contributed by atoms with Gasteiger partial charge in [-0.1, -0.05) is 0 Å². The molecule has 6 nitrogen and oxygen atoms in total. The molecule has 0 bridgehead atoms. The van der Waals surface area contributed by atoms with E-state index in [9.17, 15) is 10.1 Å². The van der Waals surface area contributed by atoms with Gasteiger partial charge in [0, 0.05) is 11.8 Å². The van der Waals surface area contributed by atoms with Gasteiger partial charge in [0.2, 0.25) is 0 Å². The van der Waals surface area contributed by atoms with E-state index in [-0.39, 0.29) is 22.6 Å². The van der Waals surface area contributed by atoms with Gasteiger partial charge in [0.15, 0.2) is 0 Å². The van der Waals surface area contributed by atoms with Crippen LogP contribution in [-0.4, -0.2) is 4.92 Å². The van der Waals surface area contributed by atoms with E-state index in [2.05, 4.69) is 0 Å². The third-order valence-corrected chi connectivity index (χ3v) is 1.50. The van der Waals surface area contributed by atoms with Gasteiger partial charge in [-0.05, 0) is 6.07 Å². The van der Waals surface area contributed by atoms with Crippen molar-refractivity contribution in [3.8, 4) is 6.07 Å². The Morgan fingerprint density at radius 3 is 2.54 bits per heavy atom. The SMILES string of the molecule is N#Cc1cc(N)cc([N+](=O)[O-])c1N. The van der Waals surface area contributed by atoms with Crippen LogP contribution in [-0.2, 0) is 0 Å². The van der Waals surface area contributed by atoms with Crippen molar-refractivity contribution in [1.82, 2.24) is 0 Å². The topological polar surface area (TPSA) is 119 Å². The molecule has 0 fully saturated rings. The molecular formula is C7H6N4O2. The fourth-order valence-electron chi connectivity index (χ4n) is 0.903. The largest absolute Gasteiger partial charge is 0.398 e. The molecule has 66 valence electrons. The number of nitro benzene ring substituents is 1. The smallest absolute Gasteiger partial charge is 0.295 e. The number of nitro groups is 1. The summed E-state index contributed by atoms with van der Waals surface area (Å²) in [5, 5.41) is 18.9. The van der Waals surface area contributed by atoms with Gasteiger partial charge in [-0.3, -0.25) is 10.1 Å². The Morgan fingerprint density at radius 2 is 2.08 bits per heavy atom. The molecule has 0 saturated heterocycles. The number of nitriles is 1. The first-order valence-electron chi connectivity index (χ1n) is 3.29. The fraction of sp³-hybridized carbons (Fsp3) is 0. The van der Waals surface area contributed by atoms with Crippen molar-refractivity contribution in [3.05, 3.63) is 27.8 Å². The molecule has 0 saturated carbocycles. The third-order valence-electron chi connectivity index (χ3n) is 1.50. The van der Waals surface area contributed by atoms with Crippen molar-refractivity contribution in [1.29, 1.82) is 5.26 Å². The van der Waals surface area contributed by atoms with Crippen LogP contribution < -0.4 is 11.5 Å². The summed E-state index contributed by atoms with van der Waals surface area (Å²) in [6, 6.07) is 4.14. The minimum Gasteiger partial charge on any atom is -0.398 e. The maximum absolute atomic E-state index is 10.4. The Hall–Kier alpha value is -2.29. The first-order chi connectivity index (χ1) is 6.06. The summed E-state index contributed by atoms with van der Waals surface area (Å²) in [4.78, 5) is 9.73.